The largest absolute Gasteiger partial charge is 0.383 e. The SMILES string of the molecule is O=C(Nc1ccc(I)cc1)C(O)C(O)c1nc2ccccc2s1. The van der Waals surface area contributed by atoms with Crippen molar-refractivity contribution in [1.82, 2.24) is 4.98 Å². The lowest BCUT2D eigenvalue weighted by Crippen LogP contribution is -2.33. The van der Waals surface area contributed by atoms with Gasteiger partial charge in [0.1, 0.15) is 11.1 Å². The molecule has 1 amide bonds. The first-order valence-corrected chi connectivity index (χ1v) is 8.72. The third-order valence-electron chi connectivity index (χ3n) is 3.24. The van der Waals surface area contributed by atoms with E-state index in [9.17, 15) is 15.0 Å². The maximum atomic E-state index is 12.1. The molecule has 0 spiro atoms. The van der Waals surface area contributed by atoms with Gasteiger partial charge in [0.2, 0.25) is 0 Å². The summed E-state index contributed by atoms with van der Waals surface area (Å²) in [5, 5.41) is 23.2. The average molecular weight is 440 g/mol. The van der Waals surface area contributed by atoms with Crippen molar-refractivity contribution in [1.29, 1.82) is 0 Å². The van der Waals surface area contributed by atoms with Gasteiger partial charge >= 0.3 is 0 Å². The minimum Gasteiger partial charge on any atom is -0.383 e. The minimum atomic E-state index is -1.59. The first-order valence-electron chi connectivity index (χ1n) is 6.82. The number of anilines is 1. The number of carbonyl (C=O) groups is 1. The lowest BCUT2D eigenvalue weighted by molar-refractivity contribution is -0.129. The predicted molar refractivity (Wildman–Crippen MR) is 98.4 cm³/mol. The van der Waals surface area contributed by atoms with E-state index in [1.54, 1.807) is 12.1 Å². The highest BCUT2D eigenvalue weighted by molar-refractivity contribution is 14.1. The normalized spacial score (nSPS) is 13.7. The summed E-state index contributed by atoms with van der Waals surface area (Å²) in [6.45, 7) is 0. The van der Waals surface area contributed by atoms with Gasteiger partial charge in [-0.1, -0.05) is 12.1 Å². The Kier molecular flexibility index (Phi) is 4.90. The van der Waals surface area contributed by atoms with Crippen molar-refractivity contribution in [3.8, 4) is 0 Å². The van der Waals surface area contributed by atoms with E-state index in [1.165, 1.54) is 11.3 Å². The number of nitrogens with zero attached hydrogens (tertiary/aromatic N) is 1. The number of amides is 1. The summed E-state index contributed by atoms with van der Waals surface area (Å²) >= 11 is 3.42. The summed E-state index contributed by atoms with van der Waals surface area (Å²) < 4.78 is 1.93. The van der Waals surface area contributed by atoms with Gasteiger partial charge in [-0.25, -0.2) is 4.98 Å². The zero-order valence-electron chi connectivity index (χ0n) is 11.8. The smallest absolute Gasteiger partial charge is 0.256 e. The first kappa shape index (κ1) is 16.3. The van der Waals surface area contributed by atoms with Gasteiger partial charge in [0, 0.05) is 9.26 Å². The Morgan fingerprint density at radius 2 is 1.83 bits per heavy atom. The zero-order valence-corrected chi connectivity index (χ0v) is 14.8. The molecule has 2 unspecified atom stereocenters. The topological polar surface area (TPSA) is 82.5 Å². The molecule has 2 atom stereocenters. The van der Waals surface area contributed by atoms with Crippen molar-refractivity contribution in [2.24, 2.45) is 0 Å². The fourth-order valence-electron chi connectivity index (χ4n) is 2.04. The van der Waals surface area contributed by atoms with Crippen molar-refractivity contribution in [3.05, 3.63) is 57.1 Å². The molecule has 3 N–H and O–H groups in total. The van der Waals surface area contributed by atoms with Crippen LogP contribution >= 0.6 is 33.9 Å². The molecule has 7 heteroatoms. The molecule has 0 aliphatic rings. The number of aliphatic hydroxyl groups is 2. The Bertz CT molecular complexity index is 802. The number of para-hydroxylation sites is 1. The van der Waals surface area contributed by atoms with Gasteiger partial charge in [-0.3, -0.25) is 4.79 Å². The molecule has 0 aliphatic heterocycles. The second-order valence-corrected chi connectivity index (χ2v) is 7.21. The summed E-state index contributed by atoms with van der Waals surface area (Å²) in [5.41, 5.74) is 1.29. The Labute approximate surface area is 150 Å². The number of rotatable bonds is 4. The molecule has 0 bridgehead atoms. The van der Waals surface area contributed by atoms with Crippen LogP contribution in [0, 0.1) is 3.57 Å². The van der Waals surface area contributed by atoms with Crippen LogP contribution in [0.1, 0.15) is 11.1 Å². The molecular weight excluding hydrogens is 427 g/mol. The third-order valence-corrected chi connectivity index (χ3v) is 5.07. The van der Waals surface area contributed by atoms with Crippen LogP contribution < -0.4 is 5.32 Å². The molecule has 0 saturated carbocycles. The Hall–Kier alpha value is -1.55. The molecule has 0 radical (unpaired) electrons. The average Bonchev–Trinajstić information content (AvgIpc) is 2.99. The van der Waals surface area contributed by atoms with Gasteiger partial charge in [-0.15, -0.1) is 11.3 Å². The molecule has 1 aromatic heterocycles. The first-order chi connectivity index (χ1) is 11.0. The highest BCUT2D eigenvalue weighted by Gasteiger charge is 2.28. The number of hydrogen-bond acceptors (Lipinski definition) is 5. The van der Waals surface area contributed by atoms with Gasteiger partial charge in [-0.2, -0.15) is 0 Å². The summed E-state index contributed by atoms with van der Waals surface area (Å²) in [7, 11) is 0. The molecule has 1 heterocycles. The van der Waals surface area contributed by atoms with Crippen molar-refractivity contribution in [2.75, 3.05) is 5.32 Å². The molecular formula is C16H13IN2O3S. The van der Waals surface area contributed by atoms with Crippen LogP contribution in [0.3, 0.4) is 0 Å². The quantitative estimate of drug-likeness (QED) is 0.545. The standard InChI is InChI=1S/C16H13IN2O3S/c17-9-5-7-10(8-6-9)18-15(22)13(20)14(21)16-19-11-3-1-2-4-12(11)23-16/h1-8,13-14,20-21H,(H,18,22). The number of halogens is 1. The van der Waals surface area contributed by atoms with E-state index >= 15 is 0 Å². The Balaban J connectivity index is 1.74. The Morgan fingerprint density at radius 3 is 2.52 bits per heavy atom. The highest BCUT2D eigenvalue weighted by atomic mass is 127. The van der Waals surface area contributed by atoms with E-state index in [-0.39, 0.29) is 0 Å². The molecule has 0 saturated heterocycles. The van der Waals surface area contributed by atoms with Crippen LogP contribution in [0.25, 0.3) is 10.2 Å². The summed E-state index contributed by atoms with van der Waals surface area (Å²) in [6.07, 6.45) is -2.95. The number of benzene rings is 2. The van der Waals surface area contributed by atoms with Crippen molar-refractivity contribution in [3.63, 3.8) is 0 Å². The van der Waals surface area contributed by atoms with Crippen LogP contribution in [0.4, 0.5) is 5.69 Å². The molecule has 3 aromatic rings. The number of nitrogens with one attached hydrogen (secondary N) is 1. The van der Waals surface area contributed by atoms with Crippen molar-refractivity contribution < 1.29 is 15.0 Å². The summed E-state index contributed by atoms with van der Waals surface area (Å²) in [4.78, 5) is 16.3. The molecule has 0 aliphatic carbocycles. The summed E-state index contributed by atoms with van der Waals surface area (Å²) in [5.74, 6) is -0.669. The van der Waals surface area contributed by atoms with Gasteiger partial charge < -0.3 is 15.5 Å². The van der Waals surface area contributed by atoms with Crippen LogP contribution in [0.15, 0.2) is 48.5 Å². The number of aromatic nitrogens is 1. The van der Waals surface area contributed by atoms with E-state index in [1.807, 2.05) is 36.4 Å². The third kappa shape index (κ3) is 3.69. The van der Waals surface area contributed by atoms with Gasteiger partial charge in [0.05, 0.1) is 10.2 Å². The maximum Gasteiger partial charge on any atom is 0.256 e. The van der Waals surface area contributed by atoms with Crippen LogP contribution in [-0.2, 0) is 4.79 Å². The Morgan fingerprint density at radius 1 is 1.13 bits per heavy atom. The van der Waals surface area contributed by atoms with E-state index in [0.717, 1.165) is 13.8 Å². The monoisotopic (exact) mass is 440 g/mol. The molecule has 5 nitrogen and oxygen atoms in total. The minimum absolute atomic E-state index is 0.316. The molecule has 118 valence electrons. The molecule has 3 rings (SSSR count). The summed E-state index contributed by atoms with van der Waals surface area (Å²) in [6, 6.07) is 14.6. The van der Waals surface area contributed by atoms with Crippen molar-refractivity contribution >= 4 is 55.7 Å². The van der Waals surface area contributed by atoms with E-state index in [4.69, 9.17) is 0 Å². The van der Waals surface area contributed by atoms with Crippen LogP contribution in [-0.4, -0.2) is 27.2 Å². The molecule has 0 fully saturated rings. The number of thiazole rings is 1. The number of fused-ring (bicyclic) bond motifs is 1. The zero-order chi connectivity index (χ0) is 16.4. The fourth-order valence-corrected chi connectivity index (χ4v) is 3.39. The number of carbonyl (C=O) groups excluding carboxylic acids is 1. The van der Waals surface area contributed by atoms with E-state index in [0.29, 0.717) is 10.7 Å². The van der Waals surface area contributed by atoms with E-state index < -0.39 is 18.1 Å². The van der Waals surface area contributed by atoms with Crippen LogP contribution in [0.5, 0.6) is 0 Å². The van der Waals surface area contributed by atoms with Gasteiger partial charge in [0.25, 0.3) is 5.91 Å². The second-order valence-electron chi connectivity index (χ2n) is 4.91. The van der Waals surface area contributed by atoms with Gasteiger partial charge in [-0.05, 0) is 59.0 Å². The molecule has 23 heavy (non-hydrogen) atoms. The van der Waals surface area contributed by atoms with Gasteiger partial charge in [0.15, 0.2) is 6.10 Å². The molecule has 2 aromatic carbocycles. The van der Waals surface area contributed by atoms with E-state index in [2.05, 4.69) is 32.9 Å². The lowest BCUT2D eigenvalue weighted by Gasteiger charge is -2.15. The number of hydrogen-bond donors (Lipinski definition) is 3. The predicted octanol–water partition coefficient (Wildman–Crippen LogP) is 2.93. The highest BCUT2D eigenvalue weighted by Crippen LogP contribution is 2.28. The lowest BCUT2D eigenvalue weighted by atomic mass is 10.2. The van der Waals surface area contributed by atoms with Crippen molar-refractivity contribution in [2.45, 2.75) is 12.2 Å². The van der Waals surface area contributed by atoms with Crippen LogP contribution in [0.2, 0.25) is 0 Å². The fraction of sp³-hybridized carbons (Fsp3) is 0.125. The number of aliphatic hydroxyl groups excluding tert-OH is 2. The second kappa shape index (κ2) is 6.91. The maximum absolute atomic E-state index is 12.1.